The fraction of sp³-hybridized carbons (Fsp3) is 0.500. The quantitative estimate of drug-likeness (QED) is 0.383. The summed E-state index contributed by atoms with van der Waals surface area (Å²) in [7, 11) is 1.61. The molecule has 0 saturated carbocycles. The van der Waals surface area contributed by atoms with Gasteiger partial charge in [0.25, 0.3) is 0 Å². The highest BCUT2D eigenvalue weighted by atomic mass is 16.6. The van der Waals surface area contributed by atoms with Crippen molar-refractivity contribution < 1.29 is 33.5 Å². The van der Waals surface area contributed by atoms with Gasteiger partial charge < -0.3 is 34.3 Å². The van der Waals surface area contributed by atoms with Crippen LogP contribution in [0.3, 0.4) is 0 Å². The number of carbonyl (C=O) groups is 3. The van der Waals surface area contributed by atoms with Crippen molar-refractivity contribution in [2.45, 2.75) is 73.0 Å². The second kappa shape index (κ2) is 15.0. The van der Waals surface area contributed by atoms with Crippen molar-refractivity contribution in [3.05, 3.63) is 46.2 Å². The van der Waals surface area contributed by atoms with E-state index in [4.69, 9.17) is 19.1 Å². The Morgan fingerprint density at radius 2 is 1.81 bits per heavy atom. The lowest BCUT2D eigenvalue weighted by Crippen LogP contribution is -2.46. The number of aromatic nitrogens is 2. The Bertz CT molecular complexity index is 1400. The van der Waals surface area contributed by atoms with Gasteiger partial charge in [0.05, 0.1) is 7.11 Å². The molecule has 3 aromatic rings. The number of benzene rings is 1. The monoisotopic (exact) mass is 586 g/mol. The number of alkyl carbamates (subject to hydrolysis) is 1. The van der Waals surface area contributed by atoms with Gasteiger partial charge in [-0.15, -0.1) is 0 Å². The maximum atomic E-state index is 11.9. The molecule has 2 aromatic heterocycles. The summed E-state index contributed by atoms with van der Waals surface area (Å²) in [6.45, 7) is 13.6. The zero-order chi connectivity index (χ0) is 31.6. The van der Waals surface area contributed by atoms with Crippen molar-refractivity contribution in [1.29, 1.82) is 0 Å². The zero-order valence-electron chi connectivity index (χ0n) is 25.6. The summed E-state index contributed by atoms with van der Waals surface area (Å²) in [5.74, 6) is 0.187. The highest BCUT2D eigenvalue weighted by molar-refractivity contribution is 5.87. The fourth-order valence-corrected chi connectivity index (χ4v) is 3.86. The number of H-pyrrole nitrogens is 1. The number of carboxylic acids is 1. The number of pyridine rings is 1. The number of carboxylic acid groups (broad SMARTS) is 1. The van der Waals surface area contributed by atoms with Crippen LogP contribution in [0.2, 0.25) is 0 Å². The van der Waals surface area contributed by atoms with E-state index in [2.05, 4.69) is 36.2 Å². The van der Waals surface area contributed by atoms with E-state index in [1.807, 2.05) is 24.3 Å². The van der Waals surface area contributed by atoms with E-state index in [9.17, 15) is 19.2 Å². The van der Waals surface area contributed by atoms with Gasteiger partial charge in [0, 0.05) is 18.3 Å². The third-order valence-electron chi connectivity index (χ3n) is 5.66. The van der Waals surface area contributed by atoms with Crippen molar-refractivity contribution in [2.75, 3.05) is 20.2 Å². The molecular weight excluding hydrogens is 544 g/mol. The number of nitrogens with zero attached hydrogens (tertiary/aromatic N) is 2. The van der Waals surface area contributed by atoms with E-state index in [1.54, 1.807) is 34.8 Å². The number of aryl methyl sites for hydroxylation is 1. The van der Waals surface area contributed by atoms with Gasteiger partial charge in [-0.2, -0.15) is 0 Å². The molecule has 3 N–H and O–H groups in total. The Kier molecular flexibility index (Phi) is 12.1. The summed E-state index contributed by atoms with van der Waals surface area (Å²) in [5.41, 5.74) is 2.38. The molecule has 1 aromatic carbocycles. The first-order valence-electron chi connectivity index (χ1n) is 13.8. The summed E-state index contributed by atoms with van der Waals surface area (Å²) in [4.78, 5) is 50.5. The average Bonchev–Trinajstić information content (AvgIpc) is 3.54. The Hall–Kier alpha value is -4.35. The van der Waals surface area contributed by atoms with E-state index in [0.29, 0.717) is 30.6 Å². The van der Waals surface area contributed by atoms with Crippen LogP contribution in [0.4, 0.5) is 4.79 Å². The second-order valence-corrected chi connectivity index (χ2v) is 11.4. The minimum absolute atomic E-state index is 0.180. The van der Waals surface area contributed by atoms with Crippen LogP contribution in [0.5, 0.6) is 5.75 Å². The molecule has 4 rings (SSSR count). The van der Waals surface area contributed by atoms with Crippen molar-refractivity contribution in [3.8, 4) is 17.0 Å². The van der Waals surface area contributed by atoms with Crippen molar-refractivity contribution >= 4 is 29.1 Å². The topological polar surface area (TPSA) is 164 Å². The van der Waals surface area contributed by atoms with Gasteiger partial charge in [-0.05, 0) is 76.3 Å². The normalized spacial score (nSPS) is 14.4. The van der Waals surface area contributed by atoms with Gasteiger partial charge in [-0.25, -0.2) is 9.59 Å². The smallest absolute Gasteiger partial charge is 0.408 e. The number of rotatable bonds is 5. The number of hydrogen-bond acceptors (Lipinski definition) is 8. The number of hydrogen-bond donors (Lipinski definition) is 3. The van der Waals surface area contributed by atoms with Crippen LogP contribution in [0, 0.1) is 12.8 Å². The summed E-state index contributed by atoms with van der Waals surface area (Å²) in [5, 5.41) is 15.1. The van der Waals surface area contributed by atoms with Crippen molar-refractivity contribution in [3.63, 3.8) is 0 Å². The van der Waals surface area contributed by atoms with Crippen LogP contribution in [-0.4, -0.2) is 70.0 Å². The molecule has 3 heterocycles. The van der Waals surface area contributed by atoms with Gasteiger partial charge in [0.1, 0.15) is 35.1 Å². The molecule has 230 valence electrons. The molecule has 2 amide bonds. The molecule has 0 aliphatic carbocycles. The first-order chi connectivity index (χ1) is 19.6. The van der Waals surface area contributed by atoms with Gasteiger partial charge >= 0.3 is 12.1 Å². The second-order valence-electron chi connectivity index (χ2n) is 11.4. The maximum absolute atomic E-state index is 11.9. The molecule has 0 bridgehead atoms. The third-order valence-corrected chi connectivity index (χ3v) is 5.66. The lowest BCUT2D eigenvalue weighted by atomic mass is 10.1. The minimum Gasteiger partial charge on any atom is -0.497 e. The predicted molar refractivity (Wildman–Crippen MR) is 158 cm³/mol. The van der Waals surface area contributed by atoms with Crippen LogP contribution in [0.15, 0.2) is 39.6 Å². The molecule has 1 saturated heterocycles. The first kappa shape index (κ1) is 33.9. The Labute approximate surface area is 245 Å². The number of aliphatic carboxylic acids is 1. The molecule has 0 unspecified atom stereocenters. The van der Waals surface area contributed by atoms with E-state index in [-0.39, 0.29) is 17.6 Å². The number of ether oxygens (including phenoxy) is 2. The number of nitrogens with one attached hydrogen (secondary N) is 2. The highest BCUT2D eigenvalue weighted by Gasteiger charge is 2.34. The van der Waals surface area contributed by atoms with Crippen LogP contribution in [0.25, 0.3) is 22.4 Å². The third kappa shape index (κ3) is 10.2. The van der Waals surface area contributed by atoms with Crippen molar-refractivity contribution in [2.24, 2.45) is 5.92 Å². The molecule has 42 heavy (non-hydrogen) atoms. The van der Waals surface area contributed by atoms with Gasteiger partial charge in [-0.3, -0.25) is 9.59 Å². The number of amides is 2. The van der Waals surface area contributed by atoms with E-state index in [0.717, 1.165) is 22.9 Å². The summed E-state index contributed by atoms with van der Waals surface area (Å²) < 4.78 is 15.1. The Morgan fingerprint density at radius 3 is 2.36 bits per heavy atom. The summed E-state index contributed by atoms with van der Waals surface area (Å²) in [6, 6.07) is 8.19. The fourth-order valence-electron chi connectivity index (χ4n) is 3.86. The number of carbonyl (C=O) groups excluding carboxylic acids is 2. The van der Waals surface area contributed by atoms with Crippen LogP contribution in [-0.2, 0) is 14.3 Å². The molecule has 0 radical (unpaired) electrons. The molecule has 1 fully saturated rings. The number of aromatic amines is 1. The van der Waals surface area contributed by atoms with Gasteiger partial charge in [-0.1, -0.05) is 25.9 Å². The number of likely N-dealkylation sites (tertiary alicyclic amines) is 1. The average molecular weight is 587 g/mol. The number of fused-ring (bicyclic) bond motifs is 1. The lowest BCUT2D eigenvalue weighted by Gasteiger charge is -2.23. The maximum Gasteiger partial charge on any atom is 0.408 e. The van der Waals surface area contributed by atoms with Crippen LogP contribution in [0.1, 0.15) is 60.1 Å². The molecule has 1 aliphatic heterocycles. The molecular formula is C30H42N4O8. The molecule has 12 heteroatoms. The SMILES string of the molecule is CC(C)(C)OC(=O)NCC(=O)N1CCC[C@H]1C(=O)O.CC(C)C.COc1ccc(-c2cc(=O)c3onc(C)c3[nH]2)cc1. The summed E-state index contributed by atoms with van der Waals surface area (Å²) in [6.07, 6.45) is 0.426. The van der Waals surface area contributed by atoms with Crippen LogP contribution >= 0.6 is 0 Å². The molecule has 12 nitrogen and oxygen atoms in total. The predicted octanol–water partition coefficient (Wildman–Crippen LogP) is 4.75. The first-order valence-corrected chi connectivity index (χ1v) is 13.8. The lowest BCUT2D eigenvalue weighted by molar-refractivity contribution is -0.147. The molecule has 1 atom stereocenters. The zero-order valence-corrected chi connectivity index (χ0v) is 25.6. The van der Waals surface area contributed by atoms with Gasteiger partial charge in [0.15, 0.2) is 0 Å². The van der Waals surface area contributed by atoms with E-state index < -0.39 is 29.6 Å². The summed E-state index contributed by atoms with van der Waals surface area (Å²) >= 11 is 0. The molecule has 1 aliphatic rings. The number of methoxy groups -OCH3 is 1. The minimum atomic E-state index is -1.01. The standard InChI is InChI=1S/C14H12N2O3.C12H20N2O5.C4H10/c1-8-13-14(19-16-8)12(17)7-11(15-13)9-3-5-10(18-2)6-4-9;1-12(2,3)19-11(18)13-7-9(15)14-6-4-5-8(14)10(16)17;1-4(2)3/h3-7H,1-2H3,(H,15,17);8H,4-7H2,1-3H3,(H,13,18)(H,16,17);4H,1-3H3/t;8-;/m.0./s1. The van der Waals surface area contributed by atoms with E-state index in [1.165, 1.54) is 11.0 Å². The highest BCUT2D eigenvalue weighted by Crippen LogP contribution is 2.22. The molecule has 0 spiro atoms. The van der Waals surface area contributed by atoms with Gasteiger partial charge in [0.2, 0.25) is 16.9 Å². The van der Waals surface area contributed by atoms with Crippen LogP contribution < -0.4 is 15.5 Å². The largest absolute Gasteiger partial charge is 0.497 e. The van der Waals surface area contributed by atoms with Crippen molar-refractivity contribution in [1.82, 2.24) is 20.4 Å². The van der Waals surface area contributed by atoms with E-state index >= 15 is 0 Å². The Morgan fingerprint density at radius 1 is 1.19 bits per heavy atom. The Balaban J connectivity index is 0.000000261.